The van der Waals surface area contributed by atoms with E-state index in [-0.39, 0.29) is 17.3 Å². The summed E-state index contributed by atoms with van der Waals surface area (Å²) in [6.07, 6.45) is 1.35. The predicted octanol–water partition coefficient (Wildman–Crippen LogP) is 5.45. The van der Waals surface area contributed by atoms with Gasteiger partial charge in [0.05, 0.1) is 16.8 Å². The number of hydrogen-bond donors (Lipinski definition) is 0. The lowest BCUT2D eigenvalue weighted by atomic mass is 10.0. The highest BCUT2D eigenvalue weighted by Gasteiger charge is 2.30. The van der Waals surface area contributed by atoms with Gasteiger partial charge < -0.3 is 4.42 Å². The summed E-state index contributed by atoms with van der Waals surface area (Å²) in [7, 11) is -3.99. The van der Waals surface area contributed by atoms with Gasteiger partial charge in [-0.15, -0.1) is 0 Å². The quantitative estimate of drug-likeness (QED) is 0.378. The molecule has 164 valence electrons. The maximum atomic E-state index is 13.8. The Kier molecular flexibility index (Phi) is 6.15. The Balaban J connectivity index is 1.98. The number of sulfonamides is 1. The van der Waals surface area contributed by atoms with E-state index in [0.29, 0.717) is 17.4 Å². The van der Waals surface area contributed by atoms with E-state index < -0.39 is 15.6 Å². The number of rotatable bonds is 7. The van der Waals surface area contributed by atoms with Crippen LogP contribution in [0.3, 0.4) is 0 Å². The van der Waals surface area contributed by atoms with Gasteiger partial charge in [-0.1, -0.05) is 79.6 Å². The van der Waals surface area contributed by atoms with Gasteiger partial charge in [0, 0.05) is 5.56 Å². The van der Waals surface area contributed by atoms with Gasteiger partial charge in [0.1, 0.15) is 0 Å². The maximum Gasteiger partial charge on any atom is 0.345 e. The van der Waals surface area contributed by atoms with Crippen LogP contribution in [0.4, 0.5) is 5.88 Å². The fourth-order valence-electron chi connectivity index (χ4n) is 3.79. The zero-order chi connectivity index (χ0) is 22.7. The Morgan fingerprint density at radius 2 is 1.47 bits per heavy atom. The van der Waals surface area contributed by atoms with Crippen LogP contribution in [0.25, 0.3) is 10.8 Å². The minimum atomic E-state index is -3.99. The van der Waals surface area contributed by atoms with E-state index in [1.807, 2.05) is 56.3 Å². The van der Waals surface area contributed by atoms with E-state index in [1.54, 1.807) is 36.4 Å². The standard InChI is InChI=1S/C26H25NO4S/c1-3-9-23-22-12-7-8-13-24(22)26(28)31-25(23)27(18-20-10-5-4-6-11-20)32(29,30)21-16-14-19(2)15-17-21/h4-8,10-17H,3,9,18H2,1-2H3. The molecular formula is C26H25NO4S. The predicted molar refractivity (Wildman–Crippen MR) is 127 cm³/mol. The van der Waals surface area contributed by atoms with Crippen molar-refractivity contribution in [3.05, 3.63) is 106 Å². The zero-order valence-electron chi connectivity index (χ0n) is 18.1. The lowest BCUT2D eigenvalue weighted by Gasteiger charge is -2.25. The zero-order valence-corrected chi connectivity index (χ0v) is 18.9. The lowest BCUT2D eigenvalue weighted by molar-refractivity contribution is 0.508. The molecule has 0 saturated carbocycles. The molecule has 0 amide bonds. The van der Waals surface area contributed by atoms with Gasteiger partial charge in [0.2, 0.25) is 5.88 Å². The van der Waals surface area contributed by atoms with Crippen LogP contribution in [0.2, 0.25) is 0 Å². The first-order valence-corrected chi connectivity index (χ1v) is 12.0. The fraction of sp³-hybridized carbons (Fsp3) is 0.192. The molecule has 32 heavy (non-hydrogen) atoms. The highest BCUT2D eigenvalue weighted by Crippen LogP contribution is 2.33. The summed E-state index contributed by atoms with van der Waals surface area (Å²) in [5.74, 6) is 0.0833. The fourth-order valence-corrected chi connectivity index (χ4v) is 5.21. The molecule has 4 rings (SSSR count). The summed E-state index contributed by atoms with van der Waals surface area (Å²) < 4.78 is 34.6. The van der Waals surface area contributed by atoms with Crippen LogP contribution in [0.15, 0.2) is 93.0 Å². The first-order valence-electron chi connectivity index (χ1n) is 10.6. The first kappa shape index (κ1) is 21.8. The molecule has 1 heterocycles. The van der Waals surface area contributed by atoms with Crippen molar-refractivity contribution in [3.63, 3.8) is 0 Å². The third kappa shape index (κ3) is 4.18. The summed E-state index contributed by atoms with van der Waals surface area (Å²) >= 11 is 0. The van der Waals surface area contributed by atoms with E-state index in [4.69, 9.17) is 4.42 Å². The molecule has 0 atom stereocenters. The Morgan fingerprint density at radius 3 is 2.12 bits per heavy atom. The molecule has 4 aromatic rings. The molecule has 0 aliphatic heterocycles. The van der Waals surface area contributed by atoms with Crippen molar-refractivity contribution in [3.8, 4) is 0 Å². The number of hydrogen-bond acceptors (Lipinski definition) is 4. The van der Waals surface area contributed by atoms with Crippen LogP contribution in [0.1, 0.15) is 30.0 Å². The molecule has 3 aromatic carbocycles. The van der Waals surface area contributed by atoms with Crippen LogP contribution >= 0.6 is 0 Å². The van der Waals surface area contributed by atoms with Gasteiger partial charge in [0.25, 0.3) is 10.0 Å². The molecule has 5 nitrogen and oxygen atoms in total. The lowest BCUT2D eigenvalue weighted by Crippen LogP contribution is -2.32. The van der Waals surface area contributed by atoms with Crippen molar-refractivity contribution in [1.82, 2.24) is 0 Å². The molecule has 1 aromatic heterocycles. The second kappa shape index (κ2) is 9.01. The summed E-state index contributed by atoms with van der Waals surface area (Å²) in [6.45, 7) is 3.97. The van der Waals surface area contributed by atoms with Crippen LogP contribution in [0.5, 0.6) is 0 Å². The average Bonchev–Trinajstić information content (AvgIpc) is 2.80. The van der Waals surface area contributed by atoms with Gasteiger partial charge in [0.15, 0.2) is 0 Å². The van der Waals surface area contributed by atoms with Crippen LogP contribution in [-0.2, 0) is 23.0 Å². The van der Waals surface area contributed by atoms with Crippen molar-refractivity contribution in [2.45, 2.75) is 38.1 Å². The number of fused-ring (bicyclic) bond motifs is 1. The molecule has 0 saturated heterocycles. The maximum absolute atomic E-state index is 13.8. The van der Waals surface area contributed by atoms with Gasteiger partial charge in [-0.05, 0) is 42.5 Å². The minimum Gasteiger partial charge on any atom is -0.405 e. The van der Waals surface area contributed by atoms with Gasteiger partial charge >= 0.3 is 5.63 Å². The summed E-state index contributed by atoms with van der Waals surface area (Å²) in [6, 6.07) is 23.2. The number of benzene rings is 3. The second-order valence-electron chi connectivity index (χ2n) is 7.78. The monoisotopic (exact) mass is 447 g/mol. The summed E-state index contributed by atoms with van der Waals surface area (Å²) in [4.78, 5) is 13.0. The SMILES string of the molecule is CCCc1c(N(Cc2ccccc2)S(=O)(=O)c2ccc(C)cc2)oc(=O)c2ccccc12. The van der Waals surface area contributed by atoms with Crippen LogP contribution in [0, 0.1) is 6.92 Å². The second-order valence-corrected chi connectivity index (χ2v) is 9.64. The van der Waals surface area contributed by atoms with Crippen molar-refractivity contribution in [1.29, 1.82) is 0 Å². The first-order chi connectivity index (χ1) is 15.4. The molecule has 6 heteroatoms. The molecule has 0 fully saturated rings. The average molecular weight is 448 g/mol. The molecule has 0 N–H and O–H groups in total. The van der Waals surface area contributed by atoms with Crippen molar-refractivity contribution in [2.75, 3.05) is 4.31 Å². The Bertz CT molecular complexity index is 1390. The molecule has 0 radical (unpaired) electrons. The van der Waals surface area contributed by atoms with Crippen molar-refractivity contribution < 1.29 is 12.8 Å². The molecule has 0 spiro atoms. The Labute approximate surface area is 188 Å². The Morgan fingerprint density at radius 1 is 0.844 bits per heavy atom. The molecule has 0 aliphatic rings. The molecule has 0 bridgehead atoms. The number of aryl methyl sites for hydroxylation is 2. The summed E-state index contributed by atoms with van der Waals surface area (Å²) in [5.41, 5.74) is 1.92. The largest absolute Gasteiger partial charge is 0.405 e. The smallest absolute Gasteiger partial charge is 0.345 e. The highest BCUT2D eigenvalue weighted by atomic mass is 32.2. The van der Waals surface area contributed by atoms with E-state index in [2.05, 4.69) is 0 Å². The van der Waals surface area contributed by atoms with Crippen molar-refractivity contribution >= 4 is 26.7 Å². The molecular weight excluding hydrogens is 422 g/mol. The van der Waals surface area contributed by atoms with Crippen LogP contribution < -0.4 is 9.93 Å². The van der Waals surface area contributed by atoms with Gasteiger partial charge in [-0.2, -0.15) is 0 Å². The van der Waals surface area contributed by atoms with E-state index >= 15 is 0 Å². The third-order valence-electron chi connectivity index (χ3n) is 5.42. The topological polar surface area (TPSA) is 67.6 Å². The normalized spacial score (nSPS) is 11.6. The molecule has 0 aliphatic carbocycles. The minimum absolute atomic E-state index is 0.0506. The summed E-state index contributed by atoms with van der Waals surface area (Å²) in [5, 5.41) is 1.17. The third-order valence-corrected chi connectivity index (χ3v) is 7.17. The van der Waals surface area contributed by atoms with Crippen LogP contribution in [-0.4, -0.2) is 8.42 Å². The van der Waals surface area contributed by atoms with E-state index in [1.165, 1.54) is 4.31 Å². The van der Waals surface area contributed by atoms with Crippen molar-refractivity contribution in [2.24, 2.45) is 0 Å². The van der Waals surface area contributed by atoms with Gasteiger partial charge in [-0.3, -0.25) is 0 Å². The number of nitrogens with zero attached hydrogens (tertiary/aromatic N) is 1. The Hall–Kier alpha value is -3.38. The van der Waals surface area contributed by atoms with E-state index in [9.17, 15) is 13.2 Å². The van der Waals surface area contributed by atoms with E-state index in [0.717, 1.165) is 22.9 Å². The van der Waals surface area contributed by atoms with Gasteiger partial charge in [-0.25, -0.2) is 17.5 Å². The molecule has 0 unspecified atom stereocenters. The highest BCUT2D eigenvalue weighted by molar-refractivity contribution is 7.92. The number of anilines is 1.